The molecule has 0 amide bonds. The topological polar surface area (TPSA) is 28.7 Å². The highest BCUT2D eigenvalue weighted by Crippen LogP contribution is 2.31. The number of aromatic nitrogens is 2. The second-order valence-electron chi connectivity index (χ2n) is 3.29. The number of nitrogens with one attached hydrogen (secondary N) is 1. The number of benzene rings is 1. The third-order valence-corrected chi connectivity index (χ3v) is 2.60. The number of H-pyrrole nitrogens is 1. The molecule has 0 unspecified atom stereocenters. The molecular formula is C11H11ClN2. The minimum Gasteiger partial charge on any atom is -0.282 e. The summed E-state index contributed by atoms with van der Waals surface area (Å²) in [4.78, 5) is 0. The predicted octanol–water partition coefficient (Wildman–Crippen LogP) is 3.35. The van der Waals surface area contributed by atoms with E-state index in [1.54, 1.807) is 0 Å². The smallest absolute Gasteiger partial charge is 0.0672 e. The molecular weight excluding hydrogens is 196 g/mol. The molecule has 1 aromatic heterocycles. The largest absolute Gasteiger partial charge is 0.282 e. The van der Waals surface area contributed by atoms with Gasteiger partial charge in [0.15, 0.2) is 0 Å². The number of rotatable bonds is 1. The maximum absolute atomic E-state index is 6.12. The summed E-state index contributed by atoms with van der Waals surface area (Å²) in [5.74, 6) is 0. The van der Waals surface area contributed by atoms with Crippen LogP contribution in [-0.4, -0.2) is 10.2 Å². The number of aromatic amines is 1. The van der Waals surface area contributed by atoms with Gasteiger partial charge in [0.2, 0.25) is 0 Å². The van der Waals surface area contributed by atoms with Crippen LogP contribution >= 0.6 is 11.6 Å². The van der Waals surface area contributed by atoms with Gasteiger partial charge in [0.25, 0.3) is 0 Å². The van der Waals surface area contributed by atoms with E-state index in [2.05, 4.69) is 10.2 Å². The monoisotopic (exact) mass is 206 g/mol. The first-order valence-electron chi connectivity index (χ1n) is 4.46. The zero-order valence-corrected chi connectivity index (χ0v) is 8.89. The van der Waals surface area contributed by atoms with E-state index >= 15 is 0 Å². The number of halogens is 1. The van der Waals surface area contributed by atoms with Crippen LogP contribution in [0.5, 0.6) is 0 Å². The Balaban J connectivity index is 2.66. The molecule has 2 nitrogen and oxygen atoms in total. The lowest BCUT2D eigenvalue weighted by Gasteiger charge is -2.03. The van der Waals surface area contributed by atoms with E-state index in [0.717, 1.165) is 27.5 Å². The van der Waals surface area contributed by atoms with Crippen molar-refractivity contribution in [3.05, 3.63) is 40.7 Å². The summed E-state index contributed by atoms with van der Waals surface area (Å²) in [6.45, 7) is 3.97. The van der Waals surface area contributed by atoms with Gasteiger partial charge in [-0.3, -0.25) is 5.10 Å². The molecule has 0 saturated carbocycles. The fraction of sp³-hybridized carbons (Fsp3) is 0.182. The normalized spacial score (nSPS) is 10.5. The van der Waals surface area contributed by atoms with E-state index in [1.807, 2.05) is 38.1 Å². The average molecular weight is 207 g/mol. The van der Waals surface area contributed by atoms with Crippen LogP contribution in [0.3, 0.4) is 0 Å². The molecule has 0 bridgehead atoms. The zero-order chi connectivity index (χ0) is 10.1. The van der Waals surface area contributed by atoms with Gasteiger partial charge in [-0.2, -0.15) is 5.10 Å². The number of hydrogen-bond donors (Lipinski definition) is 1. The number of aryl methyl sites for hydroxylation is 2. The summed E-state index contributed by atoms with van der Waals surface area (Å²) < 4.78 is 0. The molecule has 0 aliphatic rings. The van der Waals surface area contributed by atoms with Crippen LogP contribution < -0.4 is 0 Å². The molecule has 1 aromatic carbocycles. The first-order chi connectivity index (χ1) is 6.70. The first kappa shape index (κ1) is 9.28. The second-order valence-corrected chi connectivity index (χ2v) is 3.70. The molecule has 72 valence electrons. The van der Waals surface area contributed by atoms with Crippen LogP contribution in [0.25, 0.3) is 11.1 Å². The van der Waals surface area contributed by atoms with Crippen LogP contribution in [0, 0.1) is 13.8 Å². The Labute approximate surface area is 87.9 Å². The van der Waals surface area contributed by atoms with Gasteiger partial charge in [-0.25, -0.2) is 0 Å². The molecule has 0 aliphatic heterocycles. The number of nitrogens with zero attached hydrogens (tertiary/aromatic N) is 1. The molecule has 0 fully saturated rings. The van der Waals surface area contributed by atoms with Crippen LogP contribution in [-0.2, 0) is 0 Å². The summed E-state index contributed by atoms with van der Waals surface area (Å²) in [5, 5.41) is 7.87. The van der Waals surface area contributed by atoms with Crippen LogP contribution in [0.4, 0.5) is 0 Å². The zero-order valence-electron chi connectivity index (χ0n) is 8.13. The summed E-state index contributed by atoms with van der Waals surface area (Å²) >= 11 is 6.12. The van der Waals surface area contributed by atoms with Crippen LogP contribution in [0.2, 0.25) is 5.02 Å². The Bertz CT molecular complexity index is 441. The van der Waals surface area contributed by atoms with Crippen LogP contribution in [0.1, 0.15) is 11.4 Å². The van der Waals surface area contributed by atoms with Crippen molar-refractivity contribution < 1.29 is 0 Å². The maximum Gasteiger partial charge on any atom is 0.0672 e. The van der Waals surface area contributed by atoms with Gasteiger partial charge in [-0.15, -0.1) is 0 Å². The molecule has 14 heavy (non-hydrogen) atoms. The SMILES string of the molecule is Cc1n[nH]c(C)c1-c1ccccc1Cl. The average Bonchev–Trinajstić information content (AvgIpc) is 2.48. The third kappa shape index (κ3) is 1.42. The van der Waals surface area contributed by atoms with Crippen LogP contribution in [0.15, 0.2) is 24.3 Å². The molecule has 0 spiro atoms. The van der Waals surface area contributed by atoms with Crippen molar-refractivity contribution in [2.75, 3.05) is 0 Å². The van der Waals surface area contributed by atoms with Gasteiger partial charge in [-0.1, -0.05) is 29.8 Å². The molecule has 1 N–H and O–H groups in total. The Morgan fingerprint density at radius 2 is 1.93 bits per heavy atom. The molecule has 0 atom stereocenters. The molecule has 1 heterocycles. The summed E-state index contributed by atoms with van der Waals surface area (Å²) in [5.41, 5.74) is 4.18. The van der Waals surface area contributed by atoms with Crippen molar-refractivity contribution in [3.8, 4) is 11.1 Å². The van der Waals surface area contributed by atoms with Gasteiger partial charge < -0.3 is 0 Å². The van der Waals surface area contributed by atoms with Crippen molar-refractivity contribution in [1.29, 1.82) is 0 Å². The second kappa shape index (κ2) is 3.46. The van der Waals surface area contributed by atoms with Crippen molar-refractivity contribution in [2.45, 2.75) is 13.8 Å². The minimum absolute atomic E-state index is 0.764. The fourth-order valence-electron chi connectivity index (χ4n) is 1.61. The van der Waals surface area contributed by atoms with Gasteiger partial charge in [0.05, 0.1) is 5.69 Å². The highest BCUT2D eigenvalue weighted by molar-refractivity contribution is 6.33. The maximum atomic E-state index is 6.12. The lowest BCUT2D eigenvalue weighted by atomic mass is 10.0. The first-order valence-corrected chi connectivity index (χ1v) is 4.84. The highest BCUT2D eigenvalue weighted by atomic mass is 35.5. The van der Waals surface area contributed by atoms with Crippen molar-refractivity contribution in [2.24, 2.45) is 0 Å². The van der Waals surface area contributed by atoms with E-state index in [0.29, 0.717) is 0 Å². The Hall–Kier alpha value is -1.28. The molecule has 0 saturated heterocycles. The van der Waals surface area contributed by atoms with E-state index < -0.39 is 0 Å². The molecule has 2 rings (SSSR count). The van der Waals surface area contributed by atoms with Gasteiger partial charge >= 0.3 is 0 Å². The van der Waals surface area contributed by atoms with Gasteiger partial charge in [0.1, 0.15) is 0 Å². The van der Waals surface area contributed by atoms with E-state index in [-0.39, 0.29) is 0 Å². The van der Waals surface area contributed by atoms with Crippen molar-refractivity contribution >= 4 is 11.6 Å². The predicted molar refractivity (Wildman–Crippen MR) is 58.5 cm³/mol. The minimum atomic E-state index is 0.764. The lowest BCUT2D eigenvalue weighted by molar-refractivity contribution is 1.02. The quantitative estimate of drug-likeness (QED) is 0.762. The lowest BCUT2D eigenvalue weighted by Crippen LogP contribution is -1.82. The summed E-state index contributed by atoms with van der Waals surface area (Å²) in [6, 6.07) is 7.81. The third-order valence-electron chi connectivity index (χ3n) is 2.27. The Kier molecular flexibility index (Phi) is 2.30. The van der Waals surface area contributed by atoms with E-state index in [4.69, 9.17) is 11.6 Å². The summed E-state index contributed by atoms with van der Waals surface area (Å²) in [6.07, 6.45) is 0. The Morgan fingerprint density at radius 3 is 2.50 bits per heavy atom. The van der Waals surface area contributed by atoms with Gasteiger partial charge in [-0.05, 0) is 19.9 Å². The molecule has 3 heteroatoms. The fourth-order valence-corrected chi connectivity index (χ4v) is 1.84. The summed E-state index contributed by atoms with van der Waals surface area (Å²) in [7, 11) is 0. The van der Waals surface area contributed by atoms with E-state index in [1.165, 1.54) is 0 Å². The molecule has 0 radical (unpaired) electrons. The number of hydrogen-bond acceptors (Lipinski definition) is 1. The Morgan fingerprint density at radius 1 is 1.21 bits per heavy atom. The van der Waals surface area contributed by atoms with Crippen molar-refractivity contribution in [1.82, 2.24) is 10.2 Å². The molecule has 2 aromatic rings. The standard InChI is InChI=1S/C11H11ClN2/c1-7-11(8(2)14-13-7)9-5-3-4-6-10(9)12/h3-6H,1-2H3,(H,13,14). The molecule has 0 aliphatic carbocycles. The van der Waals surface area contributed by atoms with E-state index in [9.17, 15) is 0 Å². The van der Waals surface area contributed by atoms with Gasteiger partial charge in [0, 0.05) is 21.8 Å². The highest BCUT2D eigenvalue weighted by Gasteiger charge is 2.10. The van der Waals surface area contributed by atoms with Crippen molar-refractivity contribution in [3.63, 3.8) is 0 Å².